The van der Waals surface area contributed by atoms with Gasteiger partial charge in [0.05, 0.1) is 6.61 Å². The normalized spacial score (nSPS) is 14.4. The molecule has 1 fully saturated rings. The fraction of sp³-hybridized carbons (Fsp3) is 0.500. The predicted molar refractivity (Wildman–Crippen MR) is 76.2 cm³/mol. The van der Waals surface area contributed by atoms with Crippen LogP contribution in [-0.4, -0.2) is 26.8 Å². The largest absolute Gasteiger partial charge is 0.494 e. The van der Waals surface area contributed by atoms with Gasteiger partial charge in [-0.25, -0.2) is 4.68 Å². The Balaban J connectivity index is 1.85. The van der Waals surface area contributed by atoms with Crippen molar-refractivity contribution in [1.82, 2.24) is 20.2 Å². The van der Waals surface area contributed by atoms with E-state index in [2.05, 4.69) is 15.5 Å². The van der Waals surface area contributed by atoms with E-state index in [0.29, 0.717) is 12.3 Å². The minimum Gasteiger partial charge on any atom is -0.494 e. The van der Waals surface area contributed by atoms with Crippen molar-refractivity contribution < 1.29 is 4.74 Å². The fourth-order valence-electron chi connectivity index (χ4n) is 2.27. The molecule has 6 nitrogen and oxygen atoms in total. The summed E-state index contributed by atoms with van der Waals surface area (Å²) in [5, 5.41) is 12.0. The average Bonchev–Trinajstić information content (AvgIpc) is 3.13. The highest BCUT2D eigenvalue weighted by Gasteiger charge is 2.22. The van der Waals surface area contributed by atoms with Crippen LogP contribution in [0.1, 0.15) is 26.2 Å². The molecule has 0 radical (unpaired) electrons. The third-order valence-corrected chi connectivity index (χ3v) is 3.48. The number of nitrogen functional groups attached to an aromatic ring is 1. The summed E-state index contributed by atoms with van der Waals surface area (Å²) >= 11 is 0. The van der Waals surface area contributed by atoms with Crippen molar-refractivity contribution in [3.8, 4) is 17.1 Å². The maximum atomic E-state index is 5.92. The Kier molecular flexibility index (Phi) is 3.54. The van der Waals surface area contributed by atoms with Gasteiger partial charge in [0, 0.05) is 23.9 Å². The van der Waals surface area contributed by atoms with E-state index in [-0.39, 0.29) is 0 Å². The molecule has 0 saturated heterocycles. The van der Waals surface area contributed by atoms with Crippen molar-refractivity contribution in [2.45, 2.75) is 32.7 Å². The van der Waals surface area contributed by atoms with Gasteiger partial charge in [0.15, 0.2) is 5.82 Å². The second-order valence-corrected chi connectivity index (χ2v) is 5.18. The summed E-state index contributed by atoms with van der Waals surface area (Å²) in [5.41, 5.74) is 7.47. The summed E-state index contributed by atoms with van der Waals surface area (Å²) < 4.78 is 7.37. The summed E-state index contributed by atoms with van der Waals surface area (Å²) in [6, 6.07) is 5.62. The van der Waals surface area contributed by atoms with E-state index in [9.17, 15) is 0 Å². The first-order valence-electron chi connectivity index (χ1n) is 7.06. The molecule has 1 saturated carbocycles. The van der Waals surface area contributed by atoms with Gasteiger partial charge in [0.25, 0.3) is 0 Å². The van der Waals surface area contributed by atoms with Crippen LogP contribution in [0.2, 0.25) is 0 Å². The van der Waals surface area contributed by atoms with Crippen LogP contribution in [0.15, 0.2) is 18.2 Å². The topological polar surface area (TPSA) is 78.8 Å². The van der Waals surface area contributed by atoms with Crippen molar-refractivity contribution in [2.75, 3.05) is 12.3 Å². The number of hydrogen-bond donors (Lipinski definition) is 1. The van der Waals surface area contributed by atoms with Crippen LogP contribution in [0.3, 0.4) is 0 Å². The lowest BCUT2D eigenvalue weighted by Gasteiger charge is -2.08. The lowest BCUT2D eigenvalue weighted by Crippen LogP contribution is -2.04. The minimum absolute atomic E-state index is 0.607. The molecule has 1 aliphatic carbocycles. The van der Waals surface area contributed by atoms with E-state index >= 15 is 0 Å². The maximum absolute atomic E-state index is 5.92. The zero-order chi connectivity index (χ0) is 13.9. The Hall–Kier alpha value is -2.11. The number of aromatic nitrogens is 4. The lowest BCUT2D eigenvalue weighted by molar-refractivity contribution is 0.340. The number of ether oxygens (including phenoxy) is 1. The standard InChI is InChI=1S/C14H19N5O/c1-2-20-13-8-11(7-12(15)9-13)14-16-17-18-19(14)6-5-10-3-4-10/h7-10H,2-6,15H2,1H3. The van der Waals surface area contributed by atoms with Gasteiger partial charge < -0.3 is 10.5 Å². The molecule has 0 amide bonds. The number of aryl methyl sites for hydroxylation is 1. The molecule has 0 spiro atoms. The van der Waals surface area contributed by atoms with Gasteiger partial charge in [-0.05, 0) is 41.8 Å². The number of tetrazole rings is 1. The van der Waals surface area contributed by atoms with Crippen LogP contribution in [0.4, 0.5) is 5.69 Å². The van der Waals surface area contributed by atoms with Crippen LogP contribution in [0, 0.1) is 5.92 Å². The number of hydrogen-bond acceptors (Lipinski definition) is 5. The molecule has 1 aromatic heterocycles. The van der Waals surface area contributed by atoms with Crippen molar-refractivity contribution in [2.24, 2.45) is 5.92 Å². The van der Waals surface area contributed by atoms with E-state index in [4.69, 9.17) is 10.5 Å². The summed E-state index contributed by atoms with van der Waals surface area (Å²) in [4.78, 5) is 0. The summed E-state index contributed by atoms with van der Waals surface area (Å²) in [5.74, 6) is 2.35. The van der Waals surface area contributed by atoms with Crippen molar-refractivity contribution in [3.63, 3.8) is 0 Å². The Morgan fingerprint density at radius 3 is 2.95 bits per heavy atom. The van der Waals surface area contributed by atoms with Crippen molar-refractivity contribution >= 4 is 5.69 Å². The van der Waals surface area contributed by atoms with Gasteiger partial charge in [0.2, 0.25) is 0 Å². The summed E-state index contributed by atoms with van der Waals surface area (Å²) in [6.45, 7) is 3.41. The molecule has 3 rings (SSSR count). The molecule has 0 aliphatic heterocycles. The van der Waals surface area contributed by atoms with Crippen molar-refractivity contribution in [1.29, 1.82) is 0 Å². The Labute approximate surface area is 117 Å². The molecule has 106 valence electrons. The van der Waals surface area contributed by atoms with Gasteiger partial charge in [-0.2, -0.15) is 0 Å². The number of anilines is 1. The minimum atomic E-state index is 0.607. The Morgan fingerprint density at radius 1 is 1.35 bits per heavy atom. The van der Waals surface area contributed by atoms with Gasteiger partial charge in [-0.15, -0.1) is 5.10 Å². The third-order valence-electron chi connectivity index (χ3n) is 3.48. The molecular formula is C14H19N5O. The third kappa shape index (κ3) is 2.89. The van der Waals surface area contributed by atoms with Crippen LogP contribution >= 0.6 is 0 Å². The van der Waals surface area contributed by atoms with Crippen molar-refractivity contribution in [3.05, 3.63) is 18.2 Å². The molecular weight excluding hydrogens is 254 g/mol. The highest BCUT2D eigenvalue weighted by atomic mass is 16.5. The quantitative estimate of drug-likeness (QED) is 0.815. The maximum Gasteiger partial charge on any atom is 0.182 e. The molecule has 1 aliphatic rings. The number of nitrogens with zero attached hydrogens (tertiary/aromatic N) is 4. The second kappa shape index (κ2) is 5.48. The molecule has 1 aromatic carbocycles. The number of nitrogens with two attached hydrogens (primary N) is 1. The monoisotopic (exact) mass is 273 g/mol. The number of benzene rings is 1. The Bertz CT molecular complexity index is 591. The second-order valence-electron chi connectivity index (χ2n) is 5.18. The van der Waals surface area contributed by atoms with E-state index < -0.39 is 0 Å². The first-order chi connectivity index (χ1) is 9.76. The predicted octanol–water partition coefficient (Wildman–Crippen LogP) is 2.12. The molecule has 20 heavy (non-hydrogen) atoms. The number of rotatable bonds is 6. The van der Waals surface area contributed by atoms with Gasteiger partial charge in [-0.1, -0.05) is 12.8 Å². The van der Waals surface area contributed by atoms with Crippen LogP contribution in [0.25, 0.3) is 11.4 Å². The molecule has 1 heterocycles. The van der Waals surface area contributed by atoms with Crippen LogP contribution < -0.4 is 10.5 Å². The molecule has 2 aromatic rings. The van der Waals surface area contributed by atoms with Gasteiger partial charge >= 0.3 is 0 Å². The zero-order valence-electron chi connectivity index (χ0n) is 11.6. The average molecular weight is 273 g/mol. The first kappa shape index (κ1) is 12.9. The van der Waals surface area contributed by atoms with Gasteiger partial charge in [-0.3, -0.25) is 0 Å². The smallest absolute Gasteiger partial charge is 0.182 e. The van der Waals surface area contributed by atoms with Crippen LogP contribution in [-0.2, 0) is 6.54 Å². The molecule has 0 unspecified atom stereocenters. The first-order valence-corrected chi connectivity index (χ1v) is 7.06. The fourth-order valence-corrected chi connectivity index (χ4v) is 2.27. The van der Waals surface area contributed by atoms with E-state index in [1.807, 2.05) is 29.8 Å². The highest BCUT2D eigenvalue weighted by Crippen LogP contribution is 2.33. The van der Waals surface area contributed by atoms with Crippen LogP contribution in [0.5, 0.6) is 5.75 Å². The SMILES string of the molecule is CCOc1cc(N)cc(-c2nnnn2CCC2CC2)c1. The van der Waals surface area contributed by atoms with Gasteiger partial charge in [0.1, 0.15) is 5.75 Å². The molecule has 6 heteroatoms. The summed E-state index contributed by atoms with van der Waals surface area (Å²) in [6.07, 6.45) is 3.81. The zero-order valence-corrected chi connectivity index (χ0v) is 11.6. The molecule has 0 bridgehead atoms. The highest BCUT2D eigenvalue weighted by molar-refractivity contribution is 5.64. The van der Waals surface area contributed by atoms with E-state index in [0.717, 1.165) is 36.0 Å². The van der Waals surface area contributed by atoms with E-state index in [1.54, 1.807) is 0 Å². The Morgan fingerprint density at radius 2 is 2.20 bits per heavy atom. The van der Waals surface area contributed by atoms with E-state index in [1.165, 1.54) is 12.8 Å². The summed E-state index contributed by atoms with van der Waals surface area (Å²) in [7, 11) is 0. The molecule has 2 N–H and O–H groups in total. The lowest BCUT2D eigenvalue weighted by atomic mass is 10.1. The molecule has 0 atom stereocenters.